The van der Waals surface area contributed by atoms with E-state index in [-0.39, 0.29) is 18.0 Å². The molecule has 0 fully saturated rings. The van der Waals surface area contributed by atoms with Crippen LogP contribution in [0, 0.1) is 0 Å². The first-order valence-corrected chi connectivity index (χ1v) is 18.7. The average molecular weight is 731 g/mol. The maximum absolute atomic E-state index is 14.2. The molecule has 0 saturated heterocycles. The van der Waals surface area contributed by atoms with Crippen molar-refractivity contribution in [2.75, 3.05) is 13.7 Å². The molecule has 12 nitrogen and oxygen atoms in total. The summed E-state index contributed by atoms with van der Waals surface area (Å²) in [6.45, 7) is -0.458. The van der Waals surface area contributed by atoms with E-state index in [0.717, 1.165) is 15.8 Å². The summed E-state index contributed by atoms with van der Waals surface area (Å²) in [6.07, 6.45) is 2.39. The molecule has 2 amide bonds. The molecule has 0 bridgehead atoms. The summed E-state index contributed by atoms with van der Waals surface area (Å²) in [6, 6.07) is 25.2. The van der Waals surface area contributed by atoms with Gasteiger partial charge in [0.15, 0.2) is 0 Å². The molecule has 3 aromatic carbocycles. The van der Waals surface area contributed by atoms with E-state index in [9.17, 15) is 23.1 Å². The minimum Gasteiger partial charge on any atom is -0.453 e. The monoisotopic (exact) mass is 730 g/mol. The third-order valence-electron chi connectivity index (χ3n) is 8.16. The lowest BCUT2D eigenvalue weighted by molar-refractivity contribution is -0.123. The maximum Gasteiger partial charge on any atom is 0.407 e. The first-order valence-electron chi connectivity index (χ1n) is 15.5. The third kappa shape index (κ3) is 7.77. The number of alkyl carbamates (subject to hydrolysis) is 1. The van der Waals surface area contributed by atoms with Gasteiger partial charge in [0.25, 0.3) is 0 Å². The third-order valence-corrected chi connectivity index (χ3v) is 12.0. The fourth-order valence-electron chi connectivity index (χ4n) is 5.70. The van der Waals surface area contributed by atoms with Crippen molar-refractivity contribution >= 4 is 54.9 Å². The van der Waals surface area contributed by atoms with Gasteiger partial charge >= 0.3 is 6.09 Å². The van der Waals surface area contributed by atoms with Crippen LogP contribution in [0.15, 0.2) is 114 Å². The van der Waals surface area contributed by atoms with Gasteiger partial charge in [0.2, 0.25) is 15.9 Å². The second-order valence-electron chi connectivity index (χ2n) is 11.3. The minimum atomic E-state index is -4.13. The molecule has 6 aromatic rings. The van der Waals surface area contributed by atoms with Gasteiger partial charge in [0, 0.05) is 34.0 Å². The Hall–Kier alpha value is -4.93. The summed E-state index contributed by atoms with van der Waals surface area (Å²) in [5.74, 6) is -0.970. The number of aliphatic hydroxyl groups excluding tert-OH is 1. The Balaban J connectivity index is 1.26. The van der Waals surface area contributed by atoms with Gasteiger partial charge in [-0.3, -0.25) is 9.89 Å². The second kappa shape index (κ2) is 15.7. The quantitative estimate of drug-likeness (QED) is 0.119. The molecule has 2 atom stereocenters. The molecule has 3 aromatic heterocycles. The number of thiophene rings is 1. The van der Waals surface area contributed by atoms with Crippen LogP contribution in [-0.2, 0) is 32.6 Å². The Morgan fingerprint density at radius 1 is 1.00 bits per heavy atom. The summed E-state index contributed by atoms with van der Waals surface area (Å²) >= 11 is 2.68. The lowest BCUT2D eigenvalue weighted by atomic mass is 9.84. The number of H-pyrrole nitrogens is 1. The van der Waals surface area contributed by atoms with E-state index < -0.39 is 46.6 Å². The van der Waals surface area contributed by atoms with E-state index in [1.54, 1.807) is 36.0 Å². The number of sulfonamides is 1. The summed E-state index contributed by atoms with van der Waals surface area (Å²) in [4.78, 5) is 32.0. The van der Waals surface area contributed by atoms with Crippen LogP contribution in [0.2, 0.25) is 0 Å². The first-order chi connectivity index (χ1) is 24.3. The number of benzene rings is 3. The van der Waals surface area contributed by atoms with Crippen LogP contribution >= 0.6 is 22.7 Å². The van der Waals surface area contributed by atoms with Gasteiger partial charge in [0.1, 0.15) is 6.04 Å². The molecular weight excluding hydrogens is 697 g/mol. The molecule has 2 unspecified atom stereocenters. The highest BCUT2D eigenvalue weighted by molar-refractivity contribution is 7.89. The van der Waals surface area contributed by atoms with Crippen LogP contribution in [0.3, 0.4) is 0 Å². The van der Waals surface area contributed by atoms with Crippen molar-refractivity contribution in [1.29, 1.82) is 0 Å². The van der Waals surface area contributed by atoms with Crippen molar-refractivity contribution in [2.45, 2.75) is 36.0 Å². The molecule has 3 heterocycles. The van der Waals surface area contributed by atoms with Crippen molar-refractivity contribution in [3.05, 3.63) is 135 Å². The van der Waals surface area contributed by atoms with Crippen LogP contribution in [0.5, 0.6) is 0 Å². The number of ether oxygens (including phenoxy) is 1. The Labute approximate surface area is 296 Å². The van der Waals surface area contributed by atoms with E-state index in [1.807, 2.05) is 60.7 Å². The number of fused-ring (bicyclic) bond motifs is 1. The van der Waals surface area contributed by atoms with Gasteiger partial charge in [-0.15, -0.1) is 22.7 Å². The smallest absolute Gasteiger partial charge is 0.407 e. The maximum atomic E-state index is 14.2. The predicted octanol–water partition coefficient (Wildman–Crippen LogP) is 5.18. The Morgan fingerprint density at radius 2 is 1.72 bits per heavy atom. The Bertz CT molecular complexity index is 2100. The number of hydrogen-bond donors (Lipinski definition) is 4. The van der Waals surface area contributed by atoms with Crippen molar-refractivity contribution < 1.29 is 27.9 Å². The number of aromatic nitrogens is 3. The largest absolute Gasteiger partial charge is 0.453 e. The van der Waals surface area contributed by atoms with E-state index in [0.29, 0.717) is 20.8 Å². The highest BCUT2D eigenvalue weighted by Gasteiger charge is 2.35. The fourth-order valence-corrected chi connectivity index (χ4v) is 9.09. The zero-order valence-electron chi connectivity index (χ0n) is 26.8. The van der Waals surface area contributed by atoms with Gasteiger partial charge in [0.05, 0.1) is 53.1 Å². The zero-order valence-corrected chi connectivity index (χ0v) is 29.3. The topological polar surface area (TPSA) is 167 Å². The highest BCUT2D eigenvalue weighted by Crippen LogP contribution is 2.35. The number of amides is 2. The average Bonchev–Trinajstić information content (AvgIpc) is 3.94. The van der Waals surface area contributed by atoms with Crippen molar-refractivity contribution in [1.82, 2.24) is 30.1 Å². The molecule has 0 saturated carbocycles. The standard InChI is InChI=1S/C35H34N6O6S3/c1-47-35(44)40-33(32(24-8-4-2-5-9-24)25-10-6-3-7-11-25)34(43)36-19-26-12-14-31(49-26)29(21-42)41(20-23-17-38-39-18-23)50(45,46)27-13-15-30-28(16-27)37-22-48-30/h2-18,22,29,32-33,42H,19-21H2,1H3,(H,36,43)(H,38,39)(H,40,44). The number of hydrogen-bond acceptors (Lipinski definition) is 10. The lowest BCUT2D eigenvalue weighted by Gasteiger charge is -2.29. The number of nitrogens with zero attached hydrogens (tertiary/aromatic N) is 3. The Morgan fingerprint density at radius 3 is 2.36 bits per heavy atom. The van der Waals surface area contributed by atoms with E-state index in [2.05, 4.69) is 25.8 Å². The van der Waals surface area contributed by atoms with Crippen molar-refractivity contribution in [3.8, 4) is 0 Å². The first kappa shape index (κ1) is 34.9. The van der Waals surface area contributed by atoms with Gasteiger partial charge in [-0.2, -0.15) is 9.40 Å². The molecule has 0 aliphatic rings. The van der Waals surface area contributed by atoms with E-state index >= 15 is 0 Å². The summed E-state index contributed by atoms with van der Waals surface area (Å²) < 4.78 is 35.3. The number of thiazole rings is 1. The number of aromatic amines is 1. The number of carbonyl (C=O) groups is 2. The van der Waals surface area contributed by atoms with Crippen LogP contribution in [-0.4, -0.2) is 64.8 Å². The van der Waals surface area contributed by atoms with Gasteiger partial charge in [-0.05, 0) is 41.5 Å². The SMILES string of the molecule is COC(=O)NC(C(=O)NCc1ccc(C(CO)N(Cc2cn[nH]c2)S(=O)(=O)c2ccc3scnc3c2)s1)C(c1ccccc1)c1ccccc1. The van der Waals surface area contributed by atoms with Crippen LogP contribution in [0.25, 0.3) is 10.2 Å². The number of carbonyl (C=O) groups excluding carboxylic acids is 2. The zero-order chi connectivity index (χ0) is 35.1. The molecular formula is C35H34N6O6S3. The minimum absolute atomic E-state index is 0.0512. The molecule has 258 valence electrons. The van der Waals surface area contributed by atoms with Crippen LogP contribution in [0.4, 0.5) is 4.79 Å². The van der Waals surface area contributed by atoms with E-state index in [1.165, 1.54) is 46.4 Å². The van der Waals surface area contributed by atoms with Gasteiger partial charge < -0.3 is 20.5 Å². The lowest BCUT2D eigenvalue weighted by Crippen LogP contribution is -2.50. The summed E-state index contributed by atoms with van der Waals surface area (Å²) in [5.41, 5.74) is 4.49. The second-order valence-corrected chi connectivity index (χ2v) is 15.2. The normalized spacial score (nSPS) is 13.0. The molecule has 15 heteroatoms. The van der Waals surface area contributed by atoms with Gasteiger partial charge in [-0.25, -0.2) is 18.2 Å². The molecule has 4 N–H and O–H groups in total. The summed E-state index contributed by atoms with van der Waals surface area (Å²) in [7, 11) is -2.89. The van der Waals surface area contributed by atoms with Crippen molar-refractivity contribution in [2.24, 2.45) is 0 Å². The molecule has 50 heavy (non-hydrogen) atoms. The molecule has 0 aliphatic heterocycles. The van der Waals surface area contributed by atoms with E-state index in [4.69, 9.17) is 4.74 Å². The van der Waals surface area contributed by atoms with Gasteiger partial charge in [-0.1, -0.05) is 60.7 Å². The number of aliphatic hydroxyl groups is 1. The number of rotatable bonds is 14. The predicted molar refractivity (Wildman–Crippen MR) is 191 cm³/mol. The fraction of sp³-hybridized carbons (Fsp3) is 0.200. The molecule has 0 radical (unpaired) electrons. The molecule has 0 spiro atoms. The molecule has 0 aliphatic carbocycles. The van der Waals surface area contributed by atoms with Crippen LogP contribution < -0.4 is 10.6 Å². The molecule has 6 rings (SSSR count). The number of methoxy groups -OCH3 is 1. The van der Waals surface area contributed by atoms with Crippen molar-refractivity contribution in [3.63, 3.8) is 0 Å². The summed E-state index contributed by atoms with van der Waals surface area (Å²) in [5, 5.41) is 23.0. The highest BCUT2D eigenvalue weighted by atomic mass is 32.2. The number of nitrogens with one attached hydrogen (secondary N) is 3. The Kier molecular flexibility index (Phi) is 11.0. The van der Waals surface area contributed by atoms with Crippen LogP contribution in [0.1, 0.15) is 38.4 Å².